The molecule has 3 heterocycles. The van der Waals surface area contributed by atoms with Crippen molar-refractivity contribution in [3.05, 3.63) is 79.4 Å². The molecule has 2 aromatic carbocycles. The highest BCUT2D eigenvalue weighted by Gasteiger charge is 1.90. The number of hydrogen-bond acceptors (Lipinski definition) is 6. The summed E-state index contributed by atoms with van der Waals surface area (Å²) in [7, 11) is 0. The Labute approximate surface area is 160 Å². The van der Waals surface area contributed by atoms with Gasteiger partial charge in [0.2, 0.25) is 0 Å². The lowest BCUT2D eigenvalue weighted by Crippen LogP contribution is -2.20. The lowest BCUT2D eigenvalue weighted by atomic mass is 10.2. The summed E-state index contributed by atoms with van der Waals surface area (Å²) in [4.78, 5) is 4.01. The van der Waals surface area contributed by atoms with Crippen molar-refractivity contribution in [1.29, 1.82) is 5.41 Å². The zero-order chi connectivity index (χ0) is 20.0. The number of guanidine groups is 1. The summed E-state index contributed by atoms with van der Waals surface area (Å²) in [5.41, 5.74) is 10.8. The van der Waals surface area contributed by atoms with E-state index in [4.69, 9.17) is 5.41 Å². The molecule has 0 radical (unpaired) electrons. The molecule has 0 saturated heterocycles. The predicted octanol–water partition coefficient (Wildman–Crippen LogP) is 1.84. The van der Waals surface area contributed by atoms with E-state index in [-0.39, 0.29) is 5.96 Å². The average molecular weight is 376 g/mol. The van der Waals surface area contributed by atoms with Crippen LogP contribution in [0.2, 0.25) is 0 Å². The number of benzene rings is 2. The van der Waals surface area contributed by atoms with Gasteiger partial charge in [-0.1, -0.05) is 36.4 Å². The van der Waals surface area contributed by atoms with Crippen LogP contribution < -0.4 is 11.5 Å². The van der Waals surface area contributed by atoms with E-state index in [1.165, 1.54) is 10.8 Å². The van der Waals surface area contributed by atoms with Gasteiger partial charge < -0.3 is 11.5 Å². The van der Waals surface area contributed by atoms with Crippen LogP contribution in [0.5, 0.6) is 0 Å². The summed E-state index contributed by atoms with van der Waals surface area (Å²) in [5, 5.41) is 28.1. The molecule has 10 heteroatoms. The summed E-state index contributed by atoms with van der Waals surface area (Å²) >= 11 is 0. The van der Waals surface area contributed by atoms with Crippen LogP contribution in [0.3, 0.4) is 0 Å². The number of nitrogens with two attached hydrogens (primary N) is 2. The van der Waals surface area contributed by atoms with Gasteiger partial charge in [0, 0.05) is 12.4 Å². The average Bonchev–Trinajstić information content (AvgIpc) is 3.43. The van der Waals surface area contributed by atoms with Gasteiger partial charge in [-0.3, -0.25) is 10.4 Å². The fourth-order valence-electron chi connectivity index (χ4n) is 1.98. The minimum absolute atomic E-state index is 0.333. The maximum atomic E-state index is 6.06. The molecule has 0 atom stereocenters. The minimum Gasteiger partial charge on any atom is -0.370 e. The van der Waals surface area contributed by atoms with Crippen molar-refractivity contribution in [2.45, 2.75) is 0 Å². The zero-order valence-corrected chi connectivity index (χ0v) is 14.9. The molecule has 0 aliphatic carbocycles. The lowest BCUT2D eigenvalue weighted by Gasteiger charge is -1.91. The van der Waals surface area contributed by atoms with Gasteiger partial charge in [-0.2, -0.15) is 30.8 Å². The number of pyridine rings is 1. The van der Waals surface area contributed by atoms with Gasteiger partial charge in [0.05, 0.1) is 12.4 Å². The molecular formula is C18H20N10. The molecule has 5 rings (SSSR count). The molecule has 0 spiro atoms. The van der Waals surface area contributed by atoms with E-state index < -0.39 is 0 Å². The zero-order valence-electron chi connectivity index (χ0n) is 14.9. The first-order valence-corrected chi connectivity index (χ1v) is 8.10. The summed E-state index contributed by atoms with van der Waals surface area (Å²) in [6, 6.07) is 17.9. The number of hydrogen-bond donors (Lipinski definition) is 5. The topological polar surface area (TPSA) is 172 Å². The maximum Gasteiger partial charge on any atom is 0.183 e. The monoisotopic (exact) mass is 376 g/mol. The molecule has 0 fully saturated rings. The third kappa shape index (κ3) is 7.27. The van der Waals surface area contributed by atoms with Crippen molar-refractivity contribution in [2.24, 2.45) is 11.5 Å². The van der Waals surface area contributed by atoms with Gasteiger partial charge in [0.1, 0.15) is 11.0 Å². The molecule has 0 aliphatic heterocycles. The number of aromatic nitrogens is 7. The number of rotatable bonds is 0. The Hall–Kier alpha value is -4.34. The van der Waals surface area contributed by atoms with Gasteiger partial charge in [0.15, 0.2) is 5.96 Å². The van der Waals surface area contributed by atoms with E-state index >= 15 is 0 Å². The Bertz CT molecular complexity index is 955. The summed E-state index contributed by atoms with van der Waals surface area (Å²) in [6.45, 7) is 0. The van der Waals surface area contributed by atoms with Gasteiger partial charge in [-0.25, -0.2) is 0 Å². The second-order valence-corrected chi connectivity index (χ2v) is 5.15. The van der Waals surface area contributed by atoms with Gasteiger partial charge >= 0.3 is 0 Å². The number of aromatic amines is 2. The highest BCUT2D eigenvalue weighted by molar-refractivity contribution is 5.81. The van der Waals surface area contributed by atoms with Crippen LogP contribution in [-0.2, 0) is 0 Å². The van der Waals surface area contributed by atoms with Crippen molar-refractivity contribution in [3.8, 4) is 0 Å². The molecule has 0 aliphatic rings. The Morgan fingerprint density at radius 3 is 1.75 bits per heavy atom. The Morgan fingerprint density at radius 2 is 1.25 bits per heavy atom. The Balaban J connectivity index is 0.000000143. The van der Waals surface area contributed by atoms with Crippen molar-refractivity contribution in [3.63, 3.8) is 0 Å². The van der Waals surface area contributed by atoms with Crippen molar-refractivity contribution >= 4 is 27.8 Å². The molecule has 142 valence electrons. The van der Waals surface area contributed by atoms with Crippen LogP contribution in [0.4, 0.5) is 0 Å². The van der Waals surface area contributed by atoms with E-state index in [2.05, 4.69) is 59.4 Å². The van der Waals surface area contributed by atoms with Crippen molar-refractivity contribution in [2.75, 3.05) is 0 Å². The summed E-state index contributed by atoms with van der Waals surface area (Å²) in [6.07, 6.45) is 6.84. The molecule has 7 N–H and O–H groups in total. The minimum atomic E-state index is -0.333. The van der Waals surface area contributed by atoms with Gasteiger partial charge in [-0.05, 0) is 29.0 Å². The standard InChI is InChI=1S/C9H7N.C6H5N3.C2H3N3.CH5N3/c1-2-4-9-7-10-6-5-8(9)3-1;1-2-4-6-5(3-1)7-9-8-6;1-2-4-5-3-1;2-1(3)4/h1-7H;1-4H,(H,7,8,9);1-2H,(H,3,4,5);(H5,2,3,4). The smallest absolute Gasteiger partial charge is 0.183 e. The number of fused-ring (bicyclic) bond motifs is 2. The van der Waals surface area contributed by atoms with E-state index in [0.29, 0.717) is 0 Å². The highest BCUT2D eigenvalue weighted by Crippen LogP contribution is 2.09. The largest absolute Gasteiger partial charge is 0.370 e. The molecule has 0 bridgehead atoms. The summed E-state index contributed by atoms with van der Waals surface area (Å²) < 4.78 is 0. The highest BCUT2D eigenvalue weighted by atomic mass is 15.3. The second-order valence-electron chi connectivity index (χ2n) is 5.15. The summed E-state index contributed by atoms with van der Waals surface area (Å²) in [5.74, 6) is -0.333. The first kappa shape index (κ1) is 20.0. The third-order valence-corrected chi connectivity index (χ3v) is 3.10. The third-order valence-electron chi connectivity index (χ3n) is 3.10. The predicted molar refractivity (Wildman–Crippen MR) is 108 cm³/mol. The van der Waals surface area contributed by atoms with Crippen LogP contribution in [0, 0.1) is 5.41 Å². The molecule has 0 amide bonds. The number of nitrogens with one attached hydrogen (secondary N) is 3. The van der Waals surface area contributed by atoms with Crippen molar-refractivity contribution in [1.82, 2.24) is 35.8 Å². The molecule has 3 aromatic heterocycles. The van der Waals surface area contributed by atoms with Gasteiger partial charge in [0.25, 0.3) is 0 Å². The molecule has 0 saturated carbocycles. The first-order chi connectivity index (χ1) is 13.7. The molecule has 10 nitrogen and oxygen atoms in total. The molecule has 28 heavy (non-hydrogen) atoms. The van der Waals surface area contributed by atoms with Crippen LogP contribution >= 0.6 is 0 Å². The van der Waals surface area contributed by atoms with E-state index in [1.807, 2.05) is 54.9 Å². The second kappa shape index (κ2) is 11.3. The molecular weight excluding hydrogens is 356 g/mol. The van der Waals surface area contributed by atoms with Crippen LogP contribution in [0.25, 0.3) is 21.8 Å². The Kier molecular flexibility index (Phi) is 8.07. The van der Waals surface area contributed by atoms with Crippen LogP contribution in [-0.4, -0.2) is 41.8 Å². The fraction of sp³-hybridized carbons (Fsp3) is 0. The SMILES string of the molecule is N=C(N)N.c1ccc2cnccc2c1.c1ccc2n[nH]nc2c1.c1cn[nH]n1. The fourth-order valence-corrected chi connectivity index (χ4v) is 1.98. The number of H-pyrrole nitrogens is 2. The lowest BCUT2D eigenvalue weighted by molar-refractivity contribution is 0.940. The first-order valence-electron chi connectivity index (χ1n) is 8.10. The Morgan fingerprint density at radius 1 is 0.714 bits per heavy atom. The van der Waals surface area contributed by atoms with E-state index in [9.17, 15) is 0 Å². The number of nitrogens with zero attached hydrogens (tertiary/aromatic N) is 5. The van der Waals surface area contributed by atoms with Crippen molar-refractivity contribution < 1.29 is 0 Å². The van der Waals surface area contributed by atoms with Crippen LogP contribution in [0.15, 0.2) is 79.4 Å². The van der Waals surface area contributed by atoms with E-state index in [1.54, 1.807) is 12.4 Å². The number of para-hydroxylation sites is 2. The maximum absolute atomic E-state index is 6.06. The normalized spacial score (nSPS) is 9.14. The molecule has 5 aromatic rings. The van der Waals surface area contributed by atoms with Gasteiger partial charge in [-0.15, -0.1) is 0 Å². The van der Waals surface area contributed by atoms with E-state index in [0.717, 1.165) is 11.0 Å². The quantitative estimate of drug-likeness (QED) is 0.202. The molecule has 0 unspecified atom stereocenters. The van der Waals surface area contributed by atoms with Crippen LogP contribution in [0.1, 0.15) is 0 Å².